The van der Waals surface area contributed by atoms with Crippen molar-refractivity contribution in [2.75, 3.05) is 33.4 Å². The molecule has 6 heteroatoms. The molecule has 1 aliphatic heterocycles. The Kier molecular flexibility index (Phi) is 6.27. The van der Waals surface area contributed by atoms with E-state index in [1.807, 2.05) is 19.9 Å². The van der Waals surface area contributed by atoms with Crippen LogP contribution in [-0.4, -0.2) is 38.3 Å². The quantitative estimate of drug-likeness (QED) is 0.846. The van der Waals surface area contributed by atoms with Crippen LogP contribution in [0.4, 0.5) is 0 Å². The molecule has 0 aliphatic carbocycles. The molecule has 0 N–H and O–H groups in total. The van der Waals surface area contributed by atoms with Crippen LogP contribution in [0.2, 0.25) is 0 Å². The summed E-state index contributed by atoms with van der Waals surface area (Å²) in [5.74, 6) is 1.51. The molecular weight excluding hydrogens is 330 g/mol. The van der Waals surface area contributed by atoms with Crippen molar-refractivity contribution in [2.24, 2.45) is 0 Å². The third kappa shape index (κ3) is 3.43. The predicted octanol–water partition coefficient (Wildman–Crippen LogP) is 2.93. The number of hydrogen-bond donors (Lipinski definition) is 0. The topological polar surface area (TPSA) is 51.9 Å². The molecule has 0 unspecified atom stereocenters. The fraction of sp³-hybridized carbons (Fsp3) is 0.500. The van der Waals surface area contributed by atoms with Crippen molar-refractivity contribution in [2.45, 2.75) is 26.8 Å². The van der Waals surface area contributed by atoms with E-state index < -0.39 is 0 Å². The highest BCUT2D eigenvalue weighted by molar-refractivity contribution is 5.85. The number of morpholine rings is 1. The van der Waals surface area contributed by atoms with Crippen LogP contribution < -0.4 is 10.2 Å². The maximum absolute atomic E-state index is 12.6. The highest BCUT2D eigenvalue weighted by Crippen LogP contribution is 2.29. The second-order valence-electron chi connectivity index (χ2n) is 5.84. The number of nitrogens with zero attached hydrogens (tertiary/aromatic N) is 1. The molecule has 0 amide bonds. The van der Waals surface area contributed by atoms with Gasteiger partial charge in [-0.2, -0.15) is 0 Å². The van der Waals surface area contributed by atoms with Crippen LogP contribution in [0, 0.1) is 6.92 Å². The maximum Gasteiger partial charge on any atom is 0.195 e. The third-order valence-corrected chi connectivity index (χ3v) is 4.47. The van der Waals surface area contributed by atoms with E-state index in [0.29, 0.717) is 29.5 Å². The molecule has 1 aromatic heterocycles. The van der Waals surface area contributed by atoms with Gasteiger partial charge in [-0.1, -0.05) is 6.92 Å². The summed E-state index contributed by atoms with van der Waals surface area (Å²) in [6.07, 6.45) is 0.700. The van der Waals surface area contributed by atoms with Crippen LogP contribution in [0.15, 0.2) is 21.3 Å². The second-order valence-corrected chi connectivity index (χ2v) is 5.84. The molecule has 1 saturated heterocycles. The molecule has 0 atom stereocenters. The molecule has 2 heterocycles. The van der Waals surface area contributed by atoms with E-state index in [1.165, 1.54) is 0 Å². The predicted molar refractivity (Wildman–Crippen MR) is 96.5 cm³/mol. The average Bonchev–Trinajstić information content (AvgIpc) is 2.59. The lowest BCUT2D eigenvalue weighted by atomic mass is 10.1. The Morgan fingerprint density at radius 3 is 2.58 bits per heavy atom. The van der Waals surface area contributed by atoms with E-state index in [-0.39, 0.29) is 17.8 Å². The first-order valence-corrected chi connectivity index (χ1v) is 8.08. The lowest BCUT2D eigenvalue weighted by Crippen LogP contribution is -2.35. The molecule has 0 saturated carbocycles. The van der Waals surface area contributed by atoms with E-state index in [0.717, 1.165) is 43.4 Å². The van der Waals surface area contributed by atoms with Crippen LogP contribution in [-0.2, 0) is 17.7 Å². The van der Waals surface area contributed by atoms with Crippen LogP contribution >= 0.6 is 12.4 Å². The summed E-state index contributed by atoms with van der Waals surface area (Å²) in [6, 6.07) is 3.66. The first-order chi connectivity index (χ1) is 11.2. The zero-order chi connectivity index (χ0) is 16.4. The minimum absolute atomic E-state index is 0. The first kappa shape index (κ1) is 18.8. The minimum Gasteiger partial charge on any atom is -0.496 e. The molecule has 0 spiro atoms. The first-order valence-electron chi connectivity index (χ1n) is 8.08. The summed E-state index contributed by atoms with van der Waals surface area (Å²) in [4.78, 5) is 14.9. The van der Waals surface area contributed by atoms with Gasteiger partial charge < -0.3 is 13.9 Å². The Bertz CT molecular complexity index is 766. The van der Waals surface area contributed by atoms with Crippen LogP contribution in [0.25, 0.3) is 11.0 Å². The highest BCUT2D eigenvalue weighted by atomic mass is 35.5. The molecular formula is C18H24ClNO4. The number of methoxy groups -OCH3 is 1. The number of benzene rings is 1. The Labute approximate surface area is 147 Å². The molecule has 1 fully saturated rings. The van der Waals surface area contributed by atoms with E-state index in [2.05, 4.69) is 4.90 Å². The van der Waals surface area contributed by atoms with E-state index in [1.54, 1.807) is 13.2 Å². The van der Waals surface area contributed by atoms with Gasteiger partial charge in [0, 0.05) is 31.6 Å². The summed E-state index contributed by atoms with van der Waals surface area (Å²) in [5, 5.41) is 0.628. The second kappa shape index (κ2) is 8.01. The van der Waals surface area contributed by atoms with Gasteiger partial charge in [0.1, 0.15) is 17.1 Å². The average molecular weight is 354 g/mol. The van der Waals surface area contributed by atoms with Crippen LogP contribution in [0.1, 0.15) is 23.8 Å². The minimum atomic E-state index is 0. The van der Waals surface area contributed by atoms with Gasteiger partial charge in [0.25, 0.3) is 0 Å². The molecule has 2 aromatic rings. The lowest BCUT2D eigenvalue weighted by molar-refractivity contribution is 0.0339. The molecule has 24 heavy (non-hydrogen) atoms. The number of halogens is 1. The number of rotatable bonds is 4. The Morgan fingerprint density at radius 2 is 1.96 bits per heavy atom. The zero-order valence-electron chi connectivity index (χ0n) is 14.4. The van der Waals surface area contributed by atoms with Gasteiger partial charge in [0.15, 0.2) is 5.43 Å². The Morgan fingerprint density at radius 1 is 1.25 bits per heavy atom. The van der Waals surface area contributed by atoms with Gasteiger partial charge in [-0.25, -0.2) is 0 Å². The smallest absolute Gasteiger partial charge is 0.195 e. The molecule has 0 bridgehead atoms. The summed E-state index contributed by atoms with van der Waals surface area (Å²) < 4.78 is 17.0. The SMILES string of the molecule is CCc1oc2c(CN3CCOCC3)c(OC)ccc2c(=O)c1C.Cl. The number of fused-ring (bicyclic) bond motifs is 1. The van der Waals surface area contributed by atoms with E-state index >= 15 is 0 Å². The normalized spacial score (nSPS) is 15.3. The number of aryl methyl sites for hydroxylation is 1. The molecule has 132 valence electrons. The van der Waals surface area contributed by atoms with Crippen LogP contribution in [0.3, 0.4) is 0 Å². The molecule has 3 rings (SSSR count). The van der Waals surface area contributed by atoms with Crippen molar-refractivity contribution in [1.29, 1.82) is 0 Å². The largest absolute Gasteiger partial charge is 0.496 e. The Hall–Kier alpha value is -1.56. The fourth-order valence-corrected chi connectivity index (χ4v) is 3.09. The molecule has 1 aromatic carbocycles. The zero-order valence-corrected chi connectivity index (χ0v) is 15.2. The van der Waals surface area contributed by atoms with Crippen molar-refractivity contribution >= 4 is 23.4 Å². The third-order valence-electron chi connectivity index (χ3n) is 4.47. The van der Waals surface area contributed by atoms with Gasteiger partial charge in [-0.05, 0) is 19.1 Å². The summed E-state index contributed by atoms with van der Waals surface area (Å²) in [6.45, 7) is 7.73. The summed E-state index contributed by atoms with van der Waals surface area (Å²) >= 11 is 0. The van der Waals surface area contributed by atoms with E-state index in [9.17, 15) is 4.79 Å². The fourth-order valence-electron chi connectivity index (χ4n) is 3.09. The highest BCUT2D eigenvalue weighted by Gasteiger charge is 2.20. The van der Waals surface area contributed by atoms with Gasteiger partial charge in [0.2, 0.25) is 0 Å². The summed E-state index contributed by atoms with van der Waals surface area (Å²) in [7, 11) is 1.65. The van der Waals surface area contributed by atoms with Gasteiger partial charge in [-0.15, -0.1) is 12.4 Å². The van der Waals surface area contributed by atoms with E-state index in [4.69, 9.17) is 13.9 Å². The van der Waals surface area contributed by atoms with Crippen molar-refractivity contribution in [1.82, 2.24) is 4.90 Å². The molecule has 5 nitrogen and oxygen atoms in total. The van der Waals surface area contributed by atoms with Crippen molar-refractivity contribution in [3.8, 4) is 5.75 Å². The Balaban J connectivity index is 0.00000208. The maximum atomic E-state index is 12.6. The molecule has 1 aliphatic rings. The lowest BCUT2D eigenvalue weighted by Gasteiger charge is -2.27. The summed E-state index contributed by atoms with van der Waals surface area (Å²) in [5.41, 5.74) is 2.35. The van der Waals surface area contributed by atoms with Crippen molar-refractivity contribution in [3.05, 3.63) is 39.2 Å². The van der Waals surface area contributed by atoms with Crippen molar-refractivity contribution in [3.63, 3.8) is 0 Å². The van der Waals surface area contributed by atoms with Gasteiger partial charge >= 0.3 is 0 Å². The molecule has 0 radical (unpaired) electrons. The van der Waals surface area contributed by atoms with Gasteiger partial charge in [-0.3, -0.25) is 9.69 Å². The van der Waals surface area contributed by atoms with Crippen LogP contribution in [0.5, 0.6) is 5.75 Å². The van der Waals surface area contributed by atoms with Gasteiger partial charge in [0.05, 0.1) is 31.3 Å². The number of hydrogen-bond acceptors (Lipinski definition) is 5. The van der Waals surface area contributed by atoms with Crippen molar-refractivity contribution < 1.29 is 13.9 Å². The monoisotopic (exact) mass is 353 g/mol. The number of ether oxygens (including phenoxy) is 2. The standard InChI is InChI=1S/C18H23NO4.ClH/c1-4-15-12(2)17(20)13-5-6-16(21-3)14(18(13)23-15)11-19-7-9-22-10-8-19;/h5-6H,4,7-11H2,1-3H3;1H.